The van der Waals surface area contributed by atoms with Crippen molar-refractivity contribution in [3.8, 4) is 11.3 Å². The number of aliphatic hydroxyl groups excluding tert-OH is 1. The third-order valence-corrected chi connectivity index (χ3v) is 6.04. The van der Waals surface area contributed by atoms with Crippen LogP contribution in [0.1, 0.15) is 29.0 Å². The van der Waals surface area contributed by atoms with Gasteiger partial charge in [-0.3, -0.25) is 9.88 Å². The molecule has 0 unspecified atom stereocenters. The molecule has 0 radical (unpaired) electrons. The maximum absolute atomic E-state index is 9.24. The van der Waals surface area contributed by atoms with Gasteiger partial charge in [-0.05, 0) is 59.8 Å². The molecular weight excluding hydrogens is 358 g/mol. The Morgan fingerprint density at radius 2 is 1.97 bits per heavy atom. The first-order chi connectivity index (χ1) is 14.3. The maximum atomic E-state index is 9.24. The van der Waals surface area contributed by atoms with Crippen molar-refractivity contribution in [2.75, 3.05) is 13.1 Å². The highest BCUT2D eigenvalue weighted by atomic mass is 16.3. The van der Waals surface area contributed by atoms with Crippen LogP contribution in [0.3, 0.4) is 0 Å². The molecule has 2 aromatic carbocycles. The quantitative estimate of drug-likeness (QED) is 0.525. The van der Waals surface area contributed by atoms with Gasteiger partial charge in [0.05, 0.1) is 12.3 Å². The van der Waals surface area contributed by atoms with Crippen molar-refractivity contribution in [2.24, 2.45) is 0 Å². The average Bonchev–Trinajstić information content (AvgIpc) is 3.44. The minimum absolute atomic E-state index is 0.0716. The molecular formula is C25H25N3O. The zero-order chi connectivity index (χ0) is 19.6. The van der Waals surface area contributed by atoms with Crippen molar-refractivity contribution in [3.05, 3.63) is 89.7 Å². The average molecular weight is 383 g/mol. The molecule has 3 heterocycles. The lowest BCUT2D eigenvalue weighted by molar-refractivity contribution is 0.282. The highest BCUT2D eigenvalue weighted by Crippen LogP contribution is 2.31. The maximum Gasteiger partial charge on any atom is 0.0704 e. The van der Waals surface area contributed by atoms with E-state index in [1.807, 2.05) is 36.7 Å². The molecule has 0 aliphatic carbocycles. The lowest BCUT2D eigenvalue weighted by Gasteiger charge is -2.17. The highest BCUT2D eigenvalue weighted by molar-refractivity contribution is 5.82. The van der Waals surface area contributed by atoms with E-state index >= 15 is 0 Å². The molecule has 1 fully saturated rings. The Kier molecular flexibility index (Phi) is 4.88. The van der Waals surface area contributed by atoms with Crippen molar-refractivity contribution in [2.45, 2.75) is 25.5 Å². The van der Waals surface area contributed by atoms with Gasteiger partial charge in [0.1, 0.15) is 0 Å². The van der Waals surface area contributed by atoms with Gasteiger partial charge in [0.15, 0.2) is 0 Å². The van der Waals surface area contributed by atoms with E-state index in [4.69, 9.17) is 0 Å². The largest absolute Gasteiger partial charge is 0.392 e. The predicted octanol–water partition coefficient (Wildman–Crippen LogP) is 4.71. The van der Waals surface area contributed by atoms with E-state index in [1.165, 1.54) is 28.5 Å². The fraction of sp³-hybridized carbons (Fsp3) is 0.240. The number of rotatable bonds is 5. The Labute approximate surface area is 170 Å². The lowest BCUT2D eigenvalue weighted by atomic mass is 9.97. The van der Waals surface area contributed by atoms with Gasteiger partial charge in [0, 0.05) is 41.9 Å². The van der Waals surface area contributed by atoms with E-state index in [9.17, 15) is 5.11 Å². The minimum atomic E-state index is 0.0716. The standard InChI is InChI=1S/C25H25N3O/c29-17-18-4-6-19(7-5-18)25-14-20(8-11-27-25)21-10-13-28(15-21)16-22-2-1-3-24-23(22)9-12-26-24/h1-9,11-12,14,21,26,29H,10,13,15-17H2/t21-/m0/s1. The van der Waals surface area contributed by atoms with Gasteiger partial charge in [-0.1, -0.05) is 36.4 Å². The van der Waals surface area contributed by atoms with Crippen LogP contribution in [0.2, 0.25) is 0 Å². The van der Waals surface area contributed by atoms with Crippen LogP contribution in [0.4, 0.5) is 0 Å². The molecule has 2 aromatic heterocycles. The number of benzene rings is 2. The van der Waals surface area contributed by atoms with Gasteiger partial charge in [-0.25, -0.2) is 0 Å². The molecule has 0 bridgehead atoms. The lowest BCUT2D eigenvalue weighted by Crippen LogP contribution is -2.19. The van der Waals surface area contributed by atoms with Gasteiger partial charge in [0.25, 0.3) is 0 Å². The second-order valence-electron chi connectivity index (χ2n) is 7.91. The van der Waals surface area contributed by atoms with Crippen LogP contribution in [-0.4, -0.2) is 33.1 Å². The summed E-state index contributed by atoms with van der Waals surface area (Å²) < 4.78 is 0. The second kappa shape index (κ2) is 7.82. The molecule has 5 rings (SSSR count). The van der Waals surface area contributed by atoms with Crippen molar-refractivity contribution in [1.29, 1.82) is 0 Å². The van der Waals surface area contributed by atoms with E-state index in [0.29, 0.717) is 5.92 Å². The number of aromatic nitrogens is 2. The van der Waals surface area contributed by atoms with Crippen molar-refractivity contribution >= 4 is 10.9 Å². The molecule has 1 aliphatic heterocycles. The predicted molar refractivity (Wildman–Crippen MR) is 117 cm³/mol. The fourth-order valence-electron chi connectivity index (χ4n) is 4.42. The molecule has 1 saturated heterocycles. The number of fused-ring (bicyclic) bond motifs is 1. The van der Waals surface area contributed by atoms with E-state index in [1.54, 1.807) is 0 Å². The summed E-state index contributed by atoms with van der Waals surface area (Å²) in [5.74, 6) is 0.541. The smallest absolute Gasteiger partial charge is 0.0704 e. The summed E-state index contributed by atoms with van der Waals surface area (Å²) in [6, 6.07) is 21.1. The molecule has 4 heteroatoms. The number of pyridine rings is 1. The van der Waals surface area contributed by atoms with E-state index < -0.39 is 0 Å². The molecule has 0 spiro atoms. The van der Waals surface area contributed by atoms with E-state index in [-0.39, 0.29) is 6.61 Å². The van der Waals surface area contributed by atoms with Crippen molar-refractivity contribution in [1.82, 2.24) is 14.9 Å². The molecule has 146 valence electrons. The summed E-state index contributed by atoms with van der Waals surface area (Å²) in [6.45, 7) is 3.26. The first kappa shape index (κ1) is 18.1. The summed E-state index contributed by atoms with van der Waals surface area (Å²) in [7, 11) is 0. The monoisotopic (exact) mass is 383 g/mol. The number of aromatic amines is 1. The minimum Gasteiger partial charge on any atom is -0.392 e. The zero-order valence-corrected chi connectivity index (χ0v) is 16.4. The van der Waals surface area contributed by atoms with Crippen LogP contribution in [0, 0.1) is 0 Å². The van der Waals surface area contributed by atoms with Crippen LogP contribution in [0.25, 0.3) is 22.2 Å². The molecule has 4 nitrogen and oxygen atoms in total. The number of hydrogen-bond acceptors (Lipinski definition) is 3. The number of hydrogen-bond donors (Lipinski definition) is 2. The molecule has 1 atom stereocenters. The van der Waals surface area contributed by atoms with E-state index in [2.05, 4.69) is 51.3 Å². The van der Waals surface area contributed by atoms with Gasteiger partial charge < -0.3 is 10.1 Å². The Morgan fingerprint density at radius 1 is 1.07 bits per heavy atom. The van der Waals surface area contributed by atoms with Crippen LogP contribution in [-0.2, 0) is 13.2 Å². The first-order valence-electron chi connectivity index (χ1n) is 10.2. The van der Waals surface area contributed by atoms with Crippen LogP contribution >= 0.6 is 0 Å². The Bertz CT molecular complexity index is 1120. The molecule has 2 N–H and O–H groups in total. The Hall–Kier alpha value is -2.95. The van der Waals surface area contributed by atoms with Crippen LogP contribution < -0.4 is 0 Å². The zero-order valence-electron chi connectivity index (χ0n) is 16.4. The van der Waals surface area contributed by atoms with Crippen LogP contribution in [0.5, 0.6) is 0 Å². The first-order valence-corrected chi connectivity index (χ1v) is 10.2. The summed E-state index contributed by atoms with van der Waals surface area (Å²) >= 11 is 0. The number of nitrogens with zero attached hydrogens (tertiary/aromatic N) is 2. The van der Waals surface area contributed by atoms with Gasteiger partial charge in [-0.2, -0.15) is 0 Å². The summed E-state index contributed by atoms with van der Waals surface area (Å²) in [6.07, 6.45) is 5.12. The molecule has 29 heavy (non-hydrogen) atoms. The topological polar surface area (TPSA) is 52.1 Å². The molecule has 4 aromatic rings. The Balaban J connectivity index is 1.31. The number of aliphatic hydroxyl groups is 1. The van der Waals surface area contributed by atoms with Crippen LogP contribution in [0.15, 0.2) is 73.1 Å². The van der Waals surface area contributed by atoms with Gasteiger partial charge >= 0.3 is 0 Å². The van der Waals surface area contributed by atoms with E-state index in [0.717, 1.165) is 36.5 Å². The Morgan fingerprint density at radius 3 is 2.83 bits per heavy atom. The molecule has 0 amide bonds. The van der Waals surface area contributed by atoms with Gasteiger partial charge in [0.2, 0.25) is 0 Å². The summed E-state index contributed by atoms with van der Waals surface area (Å²) in [4.78, 5) is 10.4. The summed E-state index contributed by atoms with van der Waals surface area (Å²) in [5, 5.41) is 10.6. The van der Waals surface area contributed by atoms with Crippen molar-refractivity contribution < 1.29 is 5.11 Å². The number of H-pyrrole nitrogens is 1. The number of nitrogens with one attached hydrogen (secondary N) is 1. The number of likely N-dealkylation sites (tertiary alicyclic amines) is 1. The fourth-order valence-corrected chi connectivity index (χ4v) is 4.42. The normalized spacial score (nSPS) is 17.2. The molecule has 1 aliphatic rings. The highest BCUT2D eigenvalue weighted by Gasteiger charge is 2.24. The van der Waals surface area contributed by atoms with Gasteiger partial charge in [-0.15, -0.1) is 0 Å². The molecule has 0 saturated carbocycles. The summed E-state index contributed by atoms with van der Waals surface area (Å²) in [5.41, 5.74) is 6.99. The third kappa shape index (κ3) is 3.69. The second-order valence-corrected chi connectivity index (χ2v) is 7.91. The van der Waals surface area contributed by atoms with Crippen molar-refractivity contribution in [3.63, 3.8) is 0 Å². The SMILES string of the molecule is OCc1ccc(-c2cc([C@H]3CCN(Cc4cccc5[nH]ccc45)C3)ccn2)cc1. The third-order valence-electron chi connectivity index (χ3n) is 6.04.